The molecule has 0 spiro atoms. The van der Waals surface area contributed by atoms with Crippen molar-refractivity contribution in [3.63, 3.8) is 0 Å². The second-order valence-electron chi connectivity index (χ2n) is 4.25. The van der Waals surface area contributed by atoms with Gasteiger partial charge in [-0.1, -0.05) is 42.7 Å². The molecule has 2 N–H and O–H groups in total. The first kappa shape index (κ1) is 11.3. The maximum atomic E-state index is 6.02. The summed E-state index contributed by atoms with van der Waals surface area (Å²) >= 11 is 0. The Bertz CT molecular complexity index is 271. The molecule has 1 nitrogen and oxygen atoms in total. The van der Waals surface area contributed by atoms with Crippen LogP contribution in [0.25, 0.3) is 0 Å². The van der Waals surface area contributed by atoms with Gasteiger partial charge in [-0.3, -0.25) is 0 Å². The molecule has 0 unspecified atom stereocenters. The Morgan fingerprint density at radius 1 is 1.14 bits per heavy atom. The third-order valence-corrected chi connectivity index (χ3v) is 2.44. The summed E-state index contributed by atoms with van der Waals surface area (Å²) in [6.45, 7) is 6.46. The maximum Gasteiger partial charge on any atom is 0.00792 e. The Morgan fingerprint density at radius 2 is 1.71 bits per heavy atom. The first-order valence-electron chi connectivity index (χ1n) is 5.44. The lowest BCUT2D eigenvalue weighted by Gasteiger charge is -2.11. The fraction of sp³-hybridized carbons (Fsp3) is 0.538. The van der Waals surface area contributed by atoms with Gasteiger partial charge in [0.05, 0.1) is 0 Å². The van der Waals surface area contributed by atoms with Crippen LogP contribution in [0.1, 0.15) is 36.5 Å². The zero-order valence-electron chi connectivity index (χ0n) is 9.51. The molecule has 1 rings (SSSR count). The van der Waals surface area contributed by atoms with E-state index < -0.39 is 0 Å². The molecule has 1 aromatic rings. The lowest BCUT2D eigenvalue weighted by atomic mass is 9.99. The normalized spacial score (nSPS) is 12.9. The van der Waals surface area contributed by atoms with Gasteiger partial charge >= 0.3 is 0 Å². The molecule has 0 fully saturated rings. The van der Waals surface area contributed by atoms with Crippen molar-refractivity contribution < 1.29 is 0 Å². The van der Waals surface area contributed by atoms with E-state index in [-0.39, 0.29) is 0 Å². The van der Waals surface area contributed by atoms with Crippen molar-refractivity contribution in [2.75, 3.05) is 0 Å². The molecular formula is C13H21N. The van der Waals surface area contributed by atoms with Crippen molar-refractivity contribution in [3.05, 3.63) is 34.9 Å². The molecule has 78 valence electrons. The van der Waals surface area contributed by atoms with Crippen molar-refractivity contribution in [1.29, 1.82) is 0 Å². The van der Waals surface area contributed by atoms with Gasteiger partial charge in [-0.15, -0.1) is 0 Å². The summed E-state index contributed by atoms with van der Waals surface area (Å²) in [5, 5.41) is 0. The smallest absolute Gasteiger partial charge is 0.00792 e. The minimum atomic E-state index is 0.321. The lowest BCUT2D eigenvalue weighted by Crippen LogP contribution is -2.22. The van der Waals surface area contributed by atoms with Crippen LogP contribution in [0.5, 0.6) is 0 Å². The molecule has 0 heterocycles. The van der Waals surface area contributed by atoms with Gasteiger partial charge in [-0.25, -0.2) is 0 Å². The molecule has 0 aliphatic carbocycles. The Hall–Kier alpha value is -0.820. The zero-order valence-corrected chi connectivity index (χ0v) is 9.51. The summed E-state index contributed by atoms with van der Waals surface area (Å²) in [6.07, 6.45) is 3.30. The van der Waals surface area contributed by atoms with Crippen LogP contribution in [0.2, 0.25) is 0 Å². The van der Waals surface area contributed by atoms with Crippen molar-refractivity contribution >= 4 is 0 Å². The van der Waals surface area contributed by atoms with Crippen molar-refractivity contribution in [1.82, 2.24) is 0 Å². The molecule has 1 atom stereocenters. The van der Waals surface area contributed by atoms with Gasteiger partial charge in [-0.05, 0) is 32.3 Å². The summed E-state index contributed by atoms with van der Waals surface area (Å²) in [5.41, 5.74) is 10.1. The molecule has 0 saturated carbocycles. The van der Waals surface area contributed by atoms with E-state index in [0.29, 0.717) is 6.04 Å². The van der Waals surface area contributed by atoms with E-state index in [4.69, 9.17) is 5.73 Å². The van der Waals surface area contributed by atoms with Gasteiger partial charge in [0.2, 0.25) is 0 Å². The Kier molecular flexibility index (Phi) is 4.15. The van der Waals surface area contributed by atoms with Crippen LogP contribution in [0, 0.1) is 13.8 Å². The summed E-state index contributed by atoms with van der Waals surface area (Å²) in [6, 6.07) is 7.00. The summed E-state index contributed by atoms with van der Waals surface area (Å²) in [5.74, 6) is 0. The number of hydrogen-bond acceptors (Lipinski definition) is 1. The third kappa shape index (κ3) is 3.51. The fourth-order valence-electron chi connectivity index (χ4n) is 1.96. The Labute approximate surface area is 87.3 Å². The highest BCUT2D eigenvalue weighted by molar-refractivity contribution is 5.29. The molecule has 0 aliphatic heterocycles. The number of benzene rings is 1. The van der Waals surface area contributed by atoms with Gasteiger partial charge in [0.25, 0.3) is 0 Å². The minimum Gasteiger partial charge on any atom is -0.327 e. The van der Waals surface area contributed by atoms with Gasteiger partial charge in [-0.2, -0.15) is 0 Å². The molecule has 0 aromatic heterocycles. The largest absolute Gasteiger partial charge is 0.327 e. The highest BCUT2D eigenvalue weighted by atomic mass is 14.6. The molecule has 1 heteroatoms. The predicted octanol–water partition coefficient (Wildman–Crippen LogP) is 2.97. The Morgan fingerprint density at radius 3 is 2.21 bits per heavy atom. The topological polar surface area (TPSA) is 26.0 Å². The molecule has 0 radical (unpaired) electrons. The van der Waals surface area contributed by atoms with Gasteiger partial charge in [0, 0.05) is 6.04 Å². The van der Waals surface area contributed by atoms with Crippen molar-refractivity contribution in [3.8, 4) is 0 Å². The average Bonchev–Trinajstić information content (AvgIpc) is 2.01. The molecule has 1 aromatic carbocycles. The number of hydrogen-bond donors (Lipinski definition) is 1. The van der Waals surface area contributed by atoms with Gasteiger partial charge in [0.1, 0.15) is 0 Å². The van der Waals surface area contributed by atoms with Crippen LogP contribution >= 0.6 is 0 Å². The van der Waals surface area contributed by atoms with Crippen LogP contribution in [0.4, 0.5) is 0 Å². The van der Waals surface area contributed by atoms with Crippen LogP contribution in [-0.2, 0) is 6.42 Å². The van der Waals surface area contributed by atoms with E-state index >= 15 is 0 Å². The summed E-state index contributed by atoms with van der Waals surface area (Å²) in [4.78, 5) is 0. The molecule has 0 saturated heterocycles. The predicted molar refractivity (Wildman–Crippen MR) is 62.5 cm³/mol. The van der Waals surface area contributed by atoms with E-state index in [1.54, 1.807) is 0 Å². The highest BCUT2D eigenvalue weighted by Crippen LogP contribution is 2.11. The Balaban J connectivity index is 2.66. The van der Waals surface area contributed by atoms with Gasteiger partial charge < -0.3 is 5.73 Å². The van der Waals surface area contributed by atoms with Crippen molar-refractivity contribution in [2.45, 2.75) is 46.1 Å². The molecule has 0 amide bonds. The lowest BCUT2D eigenvalue weighted by molar-refractivity contribution is 0.600. The number of rotatable bonds is 4. The maximum absolute atomic E-state index is 6.02. The standard InChI is InChI=1S/C13H21N/c1-4-5-13(14)9-12-7-10(2)6-11(3)8-12/h6-8,13H,4-5,9,14H2,1-3H3/t13-/m0/s1. The quantitative estimate of drug-likeness (QED) is 0.778. The summed E-state index contributed by atoms with van der Waals surface area (Å²) in [7, 11) is 0. The van der Waals surface area contributed by atoms with E-state index in [1.165, 1.54) is 23.1 Å². The first-order chi connectivity index (χ1) is 6.61. The van der Waals surface area contributed by atoms with Gasteiger partial charge in [0.15, 0.2) is 0 Å². The SMILES string of the molecule is CCC[C@H](N)Cc1cc(C)cc(C)c1. The van der Waals surface area contributed by atoms with E-state index in [9.17, 15) is 0 Å². The van der Waals surface area contributed by atoms with E-state index in [2.05, 4.69) is 39.0 Å². The zero-order chi connectivity index (χ0) is 10.6. The van der Waals surface area contributed by atoms with Crippen molar-refractivity contribution in [2.24, 2.45) is 5.73 Å². The molecule has 0 bridgehead atoms. The first-order valence-corrected chi connectivity index (χ1v) is 5.44. The fourth-order valence-corrected chi connectivity index (χ4v) is 1.96. The second-order valence-corrected chi connectivity index (χ2v) is 4.25. The van der Waals surface area contributed by atoms with Crippen LogP contribution in [0.15, 0.2) is 18.2 Å². The third-order valence-electron chi connectivity index (χ3n) is 2.44. The van der Waals surface area contributed by atoms with Crippen LogP contribution in [-0.4, -0.2) is 6.04 Å². The van der Waals surface area contributed by atoms with Crippen LogP contribution in [0.3, 0.4) is 0 Å². The summed E-state index contributed by atoms with van der Waals surface area (Å²) < 4.78 is 0. The molecular weight excluding hydrogens is 170 g/mol. The molecule has 14 heavy (non-hydrogen) atoms. The number of nitrogens with two attached hydrogens (primary N) is 1. The molecule has 0 aliphatic rings. The number of aryl methyl sites for hydroxylation is 2. The highest BCUT2D eigenvalue weighted by Gasteiger charge is 2.03. The second kappa shape index (κ2) is 5.16. The monoisotopic (exact) mass is 191 g/mol. The minimum absolute atomic E-state index is 0.321. The van der Waals surface area contributed by atoms with E-state index in [1.807, 2.05) is 0 Å². The van der Waals surface area contributed by atoms with Crippen LogP contribution < -0.4 is 5.73 Å². The average molecular weight is 191 g/mol. The van der Waals surface area contributed by atoms with E-state index in [0.717, 1.165) is 12.8 Å².